The largest absolute Gasteiger partial charge is 0.256 e. The standard InChI is InChI=1S/C11H6ClF2N/c12-8-3-7(4-10(14)5-8)11-6-9(13)1-2-15-11/h1-6H. The molecule has 4 heteroatoms. The van der Waals surface area contributed by atoms with Gasteiger partial charge in [-0.2, -0.15) is 0 Å². The molecule has 2 rings (SSSR count). The normalized spacial score (nSPS) is 10.3. The van der Waals surface area contributed by atoms with Crippen LogP contribution in [0.15, 0.2) is 36.5 Å². The molecule has 0 bridgehead atoms. The van der Waals surface area contributed by atoms with E-state index in [1.807, 2.05) is 0 Å². The van der Waals surface area contributed by atoms with Crippen molar-refractivity contribution in [3.63, 3.8) is 0 Å². The lowest BCUT2D eigenvalue weighted by atomic mass is 10.1. The number of benzene rings is 1. The molecular formula is C11H6ClF2N. The van der Waals surface area contributed by atoms with Crippen LogP contribution < -0.4 is 0 Å². The Morgan fingerprint density at radius 3 is 2.47 bits per heavy atom. The van der Waals surface area contributed by atoms with Gasteiger partial charge in [-0.3, -0.25) is 4.98 Å². The lowest BCUT2D eigenvalue weighted by molar-refractivity contribution is 0.624. The van der Waals surface area contributed by atoms with Crippen molar-refractivity contribution in [1.82, 2.24) is 4.98 Å². The first kappa shape index (κ1) is 10.1. The molecule has 0 atom stereocenters. The highest BCUT2D eigenvalue weighted by atomic mass is 35.5. The molecule has 0 saturated carbocycles. The van der Waals surface area contributed by atoms with Gasteiger partial charge < -0.3 is 0 Å². The Morgan fingerprint density at radius 1 is 1.00 bits per heavy atom. The third-order valence-electron chi connectivity index (χ3n) is 1.88. The Hall–Kier alpha value is -1.48. The fourth-order valence-electron chi connectivity index (χ4n) is 1.26. The van der Waals surface area contributed by atoms with Crippen LogP contribution in [0.25, 0.3) is 11.3 Å². The maximum absolute atomic E-state index is 13.0. The molecule has 1 aromatic heterocycles. The van der Waals surface area contributed by atoms with Crippen LogP contribution in [0, 0.1) is 11.6 Å². The van der Waals surface area contributed by atoms with Gasteiger partial charge >= 0.3 is 0 Å². The maximum Gasteiger partial charge on any atom is 0.126 e. The van der Waals surface area contributed by atoms with Crippen LogP contribution in [-0.2, 0) is 0 Å². The molecular weight excluding hydrogens is 220 g/mol. The summed E-state index contributed by atoms with van der Waals surface area (Å²) in [6.07, 6.45) is 1.32. The molecule has 0 unspecified atom stereocenters. The van der Waals surface area contributed by atoms with E-state index in [4.69, 9.17) is 11.6 Å². The average Bonchev–Trinajstić information content (AvgIpc) is 2.16. The smallest absolute Gasteiger partial charge is 0.126 e. The molecule has 0 radical (unpaired) electrons. The molecule has 1 aromatic carbocycles. The Morgan fingerprint density at radius 2 is 1.80 bits per heavy atom. The van der Waals surface area contributed by atoms with Crippen LogP contribution in [0.3, 0.4) is 0 Å². The first-order chi connectivity index (χ1) is 7.15. The van der Waals surface area contributed by atoms with Crippen LogP contribution in [0.5, 0.6) is 0 Å². The number of rotatable bonds is 1. The molecule has 76 valence electrons. The monoisotopic (exact) mass is 225 g/mol. The Kier molecular flexibility index (Phi) is 2.64. The van der Waals surface area contributed by atoms with Crippen molar-refractivity contribution in [2.75, 3.05) is 0 Å². The molecule has 0 amide bonds. The summed E-state index contributed by atoms with van der Waals surface area (Å²) in [6.45, 7) is 0. The number of nitrogens with zero attached hydrogens (tertiary/aromatic N) is 1. The molecule has 15 heavy (non-hydrogen) atoms. The molecule has 0 spiro atoms. The first-order valence-electron chi connectivity index (χ1n) is 4.23. The van der Waals surface area contributed by atoms with Crippen molar-refractivity contribution in [2.24, 2.45) is 0 Å². The summed E-state index contributed by atoms with van der Waals surface area (Å²) >= 11 is 5.68. The highest BCUT2D eigenvalue weighted by Gasteiger charge is 2.04. The predicted octanol–water partition coefficient (Wildman–Crippen LogP) is 3.68. The SMILES string of the molecule is Fc1cc(Cl)cc(-c2cc(F)ccn2)c1. The van der Waals surface area contributed by atoms with Crippen LogP contribution in [0.2, 0.25) is 5.02 Å². The van der Waals surface area contributed by atoms with Gasteiger partial charge in [0.2, 0.25) is 0 Å². The third kappa shape index (κ3) is 2.30. The van der Waals surface area contributed by atoms with Gasteiger partial charge in [-0.25, -0.2) is 8.78 Å². The second-order valence-electron chi connectivity index (χ2n) is 3.02. The van der Waals surface area contributed by atoms with Gasteiger partial charge in [0, 0.05) is 22.8 Å². The van der Waals surface area contributed by atoms with Gasteiger partial charge in [-0.05, 0) is 24.3 Å². The van der Waals surface area contributed by atoms with E-state index in [0.717, 1.165) is 0 Å². The summed E-state index contributed by atoms with van der Waals surface area (Å²) in [4.78, 5) is 3.93. The molecule has 0 saturated heterocycles. The number of aromatic nitrogens is 1. The van der Waals surface area contributed by atoms with Crippen LogP contribution >= 0.6 is 11.6 Å². The summed E-state index contributed by atoms with van der Waals surface area (Å²) in [7, 11) is 0. The fraction of sp³-hybridized carbons (Fsp3) is 0. The van der Waals surface area contributed by atoms with Crippen molar-refractivity contribution in [3.05, 3.63) is 53.2 Å². The van der Waals surface area contributed by atoms with E-state index in [2.05, 4.69) is 4.98 Å². The zero-order valence-corrected chi connectivity index (χ0v) is 8.30. The first-order valence-corrected chi connectivity index (χ1v) is 4.61. The topological polar surface area (TPSA) is 12.9 Å². The Bertz CT molecular complexity index is 479. The van der Waals surface area contributed by atoms with Gasteiger partial charge in [0.05, 0.1) is 5.69 Å². The number of hydrogen-bond acceptors (Lipinski definition) is 1. The van der Waals surface area contributed by atoms with Crippen molar-refractivity contribution >= 4 is 11.6 Å². The van der Waals surface area contributed by atoms with Crippen LogP contribution in [-0.4, -0.2) is 4.98 Å². The Balaban J connectivity index is 2.54. The molecule has 0 aliphatic rings. The van der Waals surface area contributed by atoms with Crippen LogP contribution in [0.4, 0.5) is 8.78 Å². The minimum absolute atomic E-state index is 0.260. The van der Waals surface area contributed by atoms with E-state index in [1.54, 1.807) is 0 Å². The van der Waals surface area contributed by atoms with E-state index in [1.165, 1.54) is 36.5 Å². The van der Waals surface area contributed by atoms with E-state index < -0.39 is 11.6 Å². The van der Waals surface area contributed by atoms with Gasteiger partial charge in [0.25, 0.3) is 0 Å². The van der Waals surface area contributed by atoms with Crippen molar-refractivity contribution in [1.29, 1.82) is 0 Å². The second-order valence-corrected chi connectivity index (χ2v) is 3.45. The van der Waals surface area contributed by atoms with Crippen LogP contribution in [0.1, 0.15) is 0 Å². The fourth-order valence-corrected chi connectivity index (χ4v) is 1.49. The lowest BCUT2D eigenvalue weighted by Gasteiger charge is -2.01. The Labute approximate surface area is 90.3 Å². The lowest BCUT2D eigenvalue weighted by Crippen LogP contribution is -1.86. The maximum atomic E-state index is 13.0. The van der Waals surface area contributed by atoms with Gasteiger partial charge in [-0.15, -0.1) is 0 Å². The molecule has 0 aliphatic heterocycles. The highest BCUT2D eigenvalue weighted by molar-refractivity contribution is 6.30. The second kappa shape index (κ2) is 3.95. The molecule has 0 aliphatic carbocycles. The van der Waals surface area contributed by atoms with Gasteiger partial charge in [0.15, 0.2) is 0 Å². The van der Waals surface area contributed by atoms with E-state index in [9.17, 15) is 8.78 Å². The zero-order valence-electron chi connectivity index (χ0n) is 7.55. The number of halogens is 3. The summed E-state index contributed by atoms with van der Waals surface area (Å²) in [6, 6.07) is 6.43. The summed E-state index contributed by atoms with van der Waals surface area (Å²) < 4.78 is 25.9. The van der Waals surface area contributed by atoms with E-state index in [-0.39, 0.29) is 5.02 Å². The molecule has 2 aromatic rings. The van der Waals surface area contributed by atoms with Crippen molar-refractivity contribution in [2.45, 2.75) is 0 Å². The van der Waals surface area contributed by atoms with Crippen molar-refractivity contribution < 1.29 is 8.78 Å². The molecule has 1 heterocycles. The van der Waals surface area contributed by atoms with E-state index >= 15 is 0 Å². The third-order valence-corrected chi connectivity index (χ3v) is 2.10. The number of hydrogen-bond donors (Lipinski definition) is 0. The number of pyridine rings is 1. The van der Waals surface area contributed by atoms with Gasteiger partial charge in [-0.1, -0.05) is 11.6 Å². The zero-order chi connectivity index (χ0) is 10.8. The quantitative estimate of drug-likeness (QED) is 0.722. The minimum atomic E-state index is -0.469. The van der Waals surface area contributed by atoms with Gasteiger partial charge in [0.1, 0.15) is 11.6 Å². The molecule has 1 nitrogen and oxygen atoms in total. The molecule has 0 fully saturated rings. The summed E-state index contributed by atoms with van der Waals surface area (Å²) in [5, 5.41) is 0.260. The van der Waals surface area contributed by atoms with Crippen molar-refractivity contribution in [3.8, 4) is 11.3 Å². The summed E-state index contributed by atoms with van der Waals surface area (Å²) in [5.41, 5.74) is 0.816. The molecule has 0 N–H and O–H groups in total. The average molecular weight is 226 g/mol. The highest BCUT2D eigenvalue weighted by Crippen LogP contribution is 2.22. The summed E-state index contributed by atoms with van der Waals surface area (Å²) in [5.74, 6) is -0.885. The predicted molar refractivity (Wildman–Crippen MR) is 54.6 cm³/mol. The van der Waals surface area contributed by atoms with E-state index in [0.29, 0.717) is 11.3 Å². The minimum Gasteiger partial charge on any atom is -0.256 e.